The zero-order chi connectivity index (χ0) is 11.4. The highest BCUT2D eigenvalue weighted by Crippen LogP contribution is 2.33. The highest BCUT2D eigenvalue weighted by atomic mass is 35.5. The first-order chi connectivity index (χ1) is 7.79. The Kier molecular flexibility index (Phi) is 4.08. The number of benzene rings is 1. The van der Waals surface area contributed by atoms with Crippen molar-refractivity contribution in [2.45, 2.75) is 25.8 Å². The van der Waals surface area contributed by atoms with Gasteiger partial charge in [-0.1, -0.05) is 24.6 Å². The molecule has 0 saturated heterocycles. The van der Waals surface area contributed by atoms with Crippen molar-refractivity contribution in [2.24, 2.45) is 5.92 Å². The van der Waals surface area contributed by atoms with Gasteiger partial charge in [0.2, 0.25) is 0 Å². The van der Waals surface area contributed by atoms with Crippen LogP contribution in [0.4, 0.5) is 0 Å². The Hall–Kier alpha value is -0.730. The van der Waals surface area contributed by atoms with Gasteiger partial charge in [-0.25, -0.2) is 0 Å². The van der Waals surface area contributed by atoms with Crippen molar-refractivity contribution in [3.05, 3.63) is 29.3 Å². The third kappa shape index (κ3) is 3.39. The van der Waals surface area contributed by atoms with Crippen molar-refractivity contribution in [1.29, 1.82) is 0 Å². The summed E-state index contributed by atoms with van der Waals surface area (Å²) in [6.07, 6.45) is 2.66. The number of hydrogen-bond acceptors (Lipinski definition) is 2. The SMILES string of the molecule is CCNC(COc1cccc(Cl)c1)C1CC1. The summed E-state index contributed by atoms with van der Waals surface area (Å²) < 4.78 is 5.76. The maximum atomic E-state index is 5.90. The van der Waals surface area contributed by atoms with Crippen molar-refractivity contribution >= 4 is 11.6 Å². The molecule has 1 saturated carbocycles. The van der Waals surface area contributed by atoms with E-state index in [4.69, 9.17) is 16.3 Å². The summed E-state index contributed by atoms with van der Waals surface area (Å²) in [5, 5.41) is 4.20. The number of halogens is 1. The van der Waals surface area contributed by atoms with Gasteiger partial charge < -0.3 is 10.1 Å². The Morgan fingerprint density at radius 2 is 2.31 bits per heavy atom. The standard InChI is InChI=1S/C13H18ClNO/c1-2-15-13(10-6-7-10)9-16-12-5-3-4-11(14)8-12/h3-5,8,10,13,15H,2,6-7,9H2,1H3. The molecule has 16 heavy (non-hydrogen) atoms. The molecule has 0 amide bonds. The van der Waals surface area contributed by atoms with Gasteiger partial charge in [0, 0.05) is 11.1 Å². The van der Waals surface area contributed by atoms with Crippen molar-refractivity contribution in [1.82, 2.24) is 5.32 Å². The Bertz CT molecular complexity index is 338. The van der Waals surface area contributed by atoms with Crippen LogP contribution in [0.15, 0.2) is 24.3 Å². The van der Waals surface area contributed by atoms with E-state index in [0.717, 1.165) is 29.8 Å². The first-order valence-corrected chi connectivity index (χ1v) is 6.29. The summed E-state index contributed by atoms with van der Waals surface area (Å²) >= 11 is 5.90. The summed E-state index contributed by atoms with van der Waals surface area (Å²) in [6, 6.07) is 8.07. The molecular weight excluding hydrogens is 222 g/mol. The molecule has 1 aliphatic rings. The molecule has 1 atom stereocenters. The Balaban J connectivity index is 1.85. The minimum absolute atomic E-state index is 0.490. The fourth-order valence-corrected chi connectivity index (χ4v) is 2.05. The van der Waals surface area contributed by atoms with Gasteiger partial charge in [0.15, 0.2) is 0 Å². The molecule has 3 heteroatoms. The molecule has 1 fully saturated rings. The smallest absolute Gasteiger partial charge is 0.120 e. The van der Waals surface area contributed by atoms with E-state index in [1.54, 1.807) is 0 Å². The second-order valence-electron chi connectivity index (χ2n) is 4.27. The number of ether oxygens (including phenoxy) is 1. The van der Waals surface area contributed by atoms with Crippen LogP contribution in [0.3, 0.4) is 0 Å². The number of rotatable bonds is 6. The molecule has 1 unspecified atom stereocenters. The molecule has 1 N–H and O–H groups in total. The summed E-state index contributed by atoms with van der Waals surface area (Å²) in [6.45, 7) is 3.87. The fraction of sp³-hybridized carbons (Fsp3) is 0.538. The molecule has 0 spiro atoms. The zero-order valence-electron chi connectivity index (χ0n) is 9.58. The summed E-state index contributed by atoms with van der Waals surface area (Å²) in [7, 11) is 0. The monoisotopic (exact) mass is 239 g/mol. The molecule has 0 aliphatic heterocycles. The van der Waals surface area contributed by atoms with Crippen LogP contribution in [0.5, 0.6) is 5.75 Å². The van der Waals surface area contributed by atoms with E-state index in [2.05, 4.69) is 12.2 Å². The van der Waals surface area contributed by atoms with Crippen molar-refractivity contribution < 1.29 is 4.74 Å². The lowest BCUT2D eigenvalue weighted by molar-refractivity contribution is 0.251. The normalized spacial score (nSPS) is 17.1. The van der Waals surface area contributed by atoms with E-state index in [-0.39, 0.29) is 0 Å². The highest BCUT2D eigenvalue weighted by molar-refractivity contribution is 6.30. The van der Waals surface area contributed by atoms with Gasteiger partial charge in [-0.05, 0) is 43.5 Å². The molecule has 0 heterocycles. The quantitative estimate of drug-likeness (QED) is 0.824. The highest BCUT2D eigenvalue weighted by Gasteiger charge is 2.30. The topological polar surface area (TPSA) is 21.3 Å². The van der Waals surface area contributed by atoms with Gasteiger partial charge in [-0.3, -0.25) is 0 Å². The van der Waals surface area contributed by atoms with Crippen molar-refractivity contribution in [3.63, 3.8) is 0 Å². The van der Waals surface area contributed by atoms with Crippen molar-refractivity contribution in [2.75, 3.05) is 13.2 Å². The fourth-order valence-electron chi connectivity index (χ4n) is 1.87. The van der Waals surface area contributed by atoms with Gasteiger partial charge in [-0.2, -0.15) is 0 Å². The average molecular weight is 240 g/mol. The Labute approximate surface area is 102 Å². The first kappa shape index (κ1) is 11.7. The summed E-state index contributed by atoms with van der Waals surface area (Å²) in [5.41, 5.74) is 0. The lowest BCUT2D eigenvalue weighted by Gasteiger charge is -2.17. The molecule has 1 aromatic rings. The van der Waals surface area contributed by atoms with Crippen LogP contribution in [-0.4, -0.2) is 19.2 Å². The van der Waals surface area contributed by atoms with E-state index in [1.165, 1.54) is 12.8 Å². The second kappa shape index (κ2) is 5.55. The van der Waals surface area contributed by atoms with Crippen molar-refractivity contribution in [3.8, 4) is 5.75 Å². The first-order valence-electron chi connectivity index (χ1n) is 5.91. The predicted molar refractivity (Wildman–Crippen MR) is 67.1 cm³/mol. The molecule has 2 nitrogen and oxygen atoms in total. The minimum atomic E-state index is 0.490. The minimum Gasteiger partial charge on any atom is -0.492 e. The Morgan fingerprint density at radius 3 is 2.94 bits per heavy atom. The van der Waals surface area contributed by atoms with Crippen LogP contribution in [0.1, 0.15) is 19.8 Å². The van der Waals surface area contributed by atoms with E-state index in [9.17, 15) is 0 Å². The van der Waals surface area contributed by atoms with E-state index < -0.39 is 0 Å². The van der Waals surface area contributed by atoms with Gasteiger partial charge in [0.1, 0.15) is 12.4 Å². The van der Waals surface area contributed by atoms with Crippen LogP contribution in [-0.2, 0) is 0 Å². The van der Waals surface area contributed by atoms with Crippen LogP contribution in [0, 0.1) is 5.92 Å². The van der Waals surface area contributed by atoms with Gasteiger partial charge in [-0.15, -0.1) is 0 Å². The average Bonchev–Trinajstić information content (AvgIpc) is 3.08. The summed E-state index contributed by atoms with van der Waals surface area (Å²) in [4.78, 5) is 0. The summed E-state index contributed by atoms with van der Waals surface area (Å²) in [5.74, 6) is 1.66. The maximum absolute atomic E-state index is 5.90. The lowest BCUT2D eigenvalue weighted by Crippen LogP contribution is -2.36. The molecule has 1 aliphatic carbocycles. The predicted octanol–water partition coefficient (Wildman–Crippen LogP) is 3.11. The molecular formula is C13H18ClNO. The molecule has 2 rings (SSSR count). The van der Waals surface area contributed by atoms with E-state index in [0.29, 0.717) is 6.04 Å². The molecule has 88 valence electrons. The maximum Gasteiger partial charge on any atom is 0.120 e. The van der Waals surface area contributed by atoms with E-state index >= 15 is 0 Å². The third-order valence-corrected chi connectivity index (χ3v) is 3.12. The number of nitrogens with one attached hydrogen (secondary N) is 1. The van der Waals surface area contributed by atoms with Crippen LogP contribution >= 0.6 is 11.6 Å². The van der Waals surface area contributed by atoms with Crippen LogP contribution in [0.2, 0.25) is 5.02 Å². The van der Waals surface area contributed by atoms with Crippen LogP contribution in [0.25, 0.3) is 0 Å². The third-order valence-electron chi connectivity index (χ3n) is 2.88. The second-order valence-corrected chi connectivity index (χ2v) is 4.71. The van der Waals surface area contributed by atoms with E-state index in [1.807, 2.05) is 24.3 Å². The lowest BCUT2D eigenvalue weighted by atomic mass is 10.2. The molecule has 0 bridgehead atoms. The largest absolute Gasteiger partial charge is 0.492 e. The Morgan fingerprint density at radius 1 is 1.50 bits per heavy atom. The number of likely N-dealkylation sites (N-methyl/N-ethyl adjacent to an activating group) is 1. The molecule has 0 aromatic heterocycles. The zero-order valence-corrected chi connectivity index (χ0v) is 10.3. The molecule has 1 aromatic carbocycles. The van der Waals surface area contributed by atoms with Gasteiger partial charge in [0.25, 0.3) is 0 Å². The number of hydrogen-bond donors (Lipinski definition) is 1. The van der Waals surface area contributed by atoms with Gasteiger partial charge >= 0.3 is 0 Å². The molecule has 0 radical (unpaired) electrons. The van der Waals surface area contributed by atoms with Crippen LogP contribution < -0.4 is 10.1 Å². The van der Waals surface area contributed by atoms with Gasteiger partial charge in [0.05, 0.1) is 0 Å².